The monoisotopic (exact) mass is 244 g/mol. The standard InChI is InChI=1S/C13H28N2O2/c1-4-6-14-9-12(11-16-3)15-7-8-17-13(5-2)10-15/h12-14H,4-11H2,1-3H3. The van der Waals surface area contributed by atoms with Gasteiger partial charge >= 0.3 is 0 Å². The molecule has 102 valence electrons. The van der Waals surface area contributed by atoms with Crippen molar-refractivity contribution in [3.05, 3.63) is 0 Å². The molecule has 1 N–H and O–H groups in total. The van der Waals surface area contributed by atoms with E-state index in [0.29, 0.717) is 12.1 Å². The molecule has 0 aromatic heterocycles. The highest BCUT2D eigenvalue weighted by molar-refractivity contribution is 4.79. The van der Waals surface area contributed by atoms with Crippen molar-refractivity contribution >= 4 is 0 Å². The zero-order chi connectivity index (χ0) is 12.5. The summed E-state index contributed by atoms with van der Waals surface area (Å²) in [4.78, 5) is 2.50. The maximum Gasteiger partial charge on any atom is 0.0700 e. The summed E-state index contributed by atoms with van der Waals surface area (Å²) >= 11 is 0. The van der Waals surface area contributed by atoms with E-state index in [1.54, 1.807) is 7.11 Å². The van der Waals surface area contributed by atoms with Crippen LogP contribution in [0.5, 0.6) is 0 Å². The van der Waals surface area contributed by atoms with Gasteiger partial charge in [-0.3, -0.25) is 4.90 Å². The molecular formula is C13H28N2O2. The molecule has 4 nitrogen and oxygen atoms in total. The summed E-state index contributed by atoms with van der Waals surface area (Å²) in [5.41, 5.74) is 0. The molecule has 0 radical (unpaired) electrons. The number of ether oxygens (including phenoxy) is 2. The first-order valence-electron chi connectivity index (χ1n) is 6.87. The van der Waals surface area contributed by atoms with E-state index in [2.05, 4.69) is 24.1 Å². The SMILES string of the molecule is CCCNCC(COC)N1CCOC(CC)C1. The predicted molar refractivity (Wildman–Crippen MR) is 70.4 cm³/mol. The van der Waals surface area contributed by atoms with Crippen molar-refractivity contribution in [2.24, 2.45) is 0 Å². The van der Waals surface area contributed by atoms with Crippen LogP contribution in [0.3, 0.4) is 0 Å². The minimum absolute atomic E-state index is 0.397. The molecule has 2 atom stereocenters. The maximum absolute atomic E-state index is 5.71. The number of nitrogens with one attached hydrogen (secondary N) is 1. The Morgan fingerprint density at radius 3 is 2.94 bits per heavy atom. The van der Waals surface area contributed by atoms with E-state index >= 15 is 0 Å². The lowest BCUT2D eigenvalue weighted by atomic mass is 10.1. The van der Waals surface area contributed by atoms with Crippen molar-refractivity contribution in [2.45, 2.75) is 38.8 Å². The molecule has 1 aliphatic heterocycles. The van der Waals surface area contributed by atoms with Gasteiger partial charge in [-0.1, -0.05) is 13.8 Å². The molecule has 1 fully saturated rings. The molecule has 0 aromatic rings. The first-order valence-corrected chi connectivity index (χ1v) is 6.87. The number of hydrogen-bond acceptors (Lipinski definition) is 4. The third kappa shape index (κ3) is 5.34. The van der Waals surface area contributed by atoms with E-state index in [1.165, 1.54) is 6.42 Å². The Morgan fingerprint density at radius 2 is 2.29 bits per heavy atom. The maximum atomic E-state index is 5.71. The van der Waals surface area contributed by atoms with Crippen LogP contribution in [0.2, 0.25) is 0 Å². The van der Waals surface area contributed by atoms with Crippen LogP contribution in [0, 0.1) is 0 Å². The Morgan fingerprint density at radius 1 is 1.47 bits per heavy atom. The van der Waals surface area contributed by atoms with Crippen LogP contribution in [0.15, 0.2) is 0 Å². The first-order chi connectivity index (χ1) is 8.31. The van der Waals surface area contributed by atoms with Crippen molar-refractivity contribution in [3.63, 3.8) is 0 Å². The van der Waals surface area contributed by atoms with E-state index in [-0.39, 0.29) is 0 Å². The highest BCUT2D eigenvalue weighted by atomic mass is 16.5. The fourth-order valence-corrected chi connectivity index (χ4v) is 2.25. The quantitative estimate of drug-likeness (QED) is 0.649. The highest BCUT2D eigenvalue weighted by Crippen LogP contribution is 2.11. The summed E-state index contributed by atoms with van der Waals surface area (Å²) in [7, 11) is 1.78. The molecule has 1 saturated heterocycles. The molecule has 0 aromatic carbocycles. The lowest BCUT2D eigenvalue weighted by Gasteiger charge is -2.38. The fourth-order valence-electron chi connectivity index (χ4n) is 2.25. The molecule has 0 spiro atoms. The normalized spacial score (nSPS) is 23.8. The Hall–Kier alpha value is -0.160. The molecule has 0 aliphatic carbocycles. The number of rotatable bonds is 8. The summed E-state index contributed by atoms with van der Waals surface area (Å²) in [6.07, 6.45) is 2.67. The van der Waals surface area contributed by atoms with Gasteiger partial charge in [0.1, 0.15) is 0 Å². The fraction of sp³-hybridized carbons (Fsp3) is 1.00. The van der Waals surface area contributed by atoms with Gasteiger partial charge in [0, 0.05) is 32.8 Å². The molecule has 1 rings (SSSR count). The van der Waals surface area contributed by atoms with Gasteiger partial charge in [-0.2, -0.15) is 0 Å². The van der Waals surface area contributed by atoms with Crippen molar-refractivity contribution in [3.8, 4) is 0 Å². The van der Waals surface area contributed by atoms with Crippen molar-refractivity contribution in [2.75, 3.05) is 46.5 Å². The minimum Gasteiger partial charge on any atom is -0.383 e. The average molecular weight is 244 g/mol. The highest BCUT2D eigenvalue weighted by Gasteiger charge is 2.25. The number of hydrogen-bond donors (Lipinski definition) is 1. The number of nitrogens with zero attached hydrogens (tertiary/aromatic N) is 1. The Kier molecular flexibility index (Phi) is 7.77. The summed E-state index contributed by atoms with van der Waals surface area (Å²) in [5, 5.41) is 3.49. The molecule has 17 heavy (non-hydrogen) atoms. The van der Waals surface area contributed by atoms with E-state index < -0.39 is 0 Å². The van der Waals surface area contributed by atoms with Crippen molar-refractivity contribution in [1.82, 2.24) is 10.2 Å². The van der Waals surface area contributed by atoms with Gasteiger partial charge in [0.2, 0.25) is 0 Å². The molecule has 1 aliphatic rings. The predicted octanol–water partition coefficient (Wildman–Crippen LogP) is 1.11. The van der Waals surface area contributed by atoms with Gasteiger partial charge in [-0.15, -0.1) is 0 Å². The van der Waals surface area contributed by atoms with E-state index in [1.807, 2.05) is 0 Å². The summed E-state index contributed by atoms with van der Waals surface area (Å²) < 4.78 is 11.0. The van der Waals surface area contributed by atoms with E-state index in [4.69, 9.17) is 9.47 Å². The van der Waals surface area contributed by atoms with Gasteiger partial charge in [-0.05, 0) is 19.4 Å². The van der Waals surface area contributed by atoms with Gasteiger partial charge in [0.05, 0.1) is 19.3 Å². The third-order valence-electron chi connectivity index (χ3n) is 3.31. The third-order valence-corrected chi connectivity index (χ3v) is 3.31. The first kappa shape index (κ1) is 14.9. The molecule has 4 heteroatoms. The second-order valence-corrected chi connectivity index (χ2v) is 4.71. The van der Waals surface area contributed by atoms with Gasteiger partial charge in [0.15, 0.2) is 0 Å². The molecule has 0 bridgehead atoms. The van der Waals surface area contributed by atoms with Crippen LogP contribution >= 0.6 is 0 Å². The lowest BCUT2D eigenvalue weighted by molar-refractivity contribution is -0.0540. The van der Waals surface area contributed by atoms with E-state index in [9.17, 15) is 0 Å². The van der Waals surface area contributed by atoms with Crippen LogP contribution in [0.4, 0.5) is 0 Å². The van der Waals surface area contributed by atoms with Crippen LogP contribution in [-0.4, -0.2) is 63.5 Å². The lowest BCUT2D eigenvalue weighted by Crippen LogP contribution is -2.52. The Balaban J connectivity index is 2.38. The van der Waals surface area contributed by atoms with Crippen molar-refractivity contribution < 1.29 is 9.47 Å². The van der Waals surface area contributed by atoms with Crippen molar-refractivity contribution in [1.29, 1.82) is 0 Å². The van der Waals surface area contributed by atoms with Gasteiger partial charge < -0.3 is 14.8 Å². The molecule has 2 unspecified atom stereocenters. The number of methoxy groups -OCH3 is 1. The van der Waals surface area contributed by atoms with Gasteiger partial charge in [0.25, 0.3) is 0 Å². The second kappa shape index (κ2) is 8.86. The second-order valence-electron chi connectivity index (χ2n) is 4.71. The summed E-state index contributed by atoms with van der Waals surface area (Å²) in [6, 6.07) is 0.476. The van der Waals surface area contributed by atoms with E-state index in [0.717, 1.165) is 45.8 Å². The molecule has 1 heterocycles. The summed E-state index contributed by atoms with van der Waals surface area (Å²) in [6.45, 7) is 10.2. The Labute approximate surface area is 106 Å². The topological polar surface area (TPSA) is 33.7 Å². The average Bonchev–Trinajstić information content (AvgIpc) is 2.38. The van der Waals surface area contributed by atoms with Crippen LogP contribution in [0.25, 0.3) is 0 Å². The van der Waals surface area contributed by atoms with Gasteiger partial charge in [-0.25, -0.2) is 0 Å². The zero-order valence-corrected chi connectivity index (χ0v) is 11.6. The Bertz CT molecular complexity index is 190. The zero-order valence-electron chi connectivity index (χ0n) is 11.6. The van der Waals surface area contributed by atoms with Crippen LogP contribution in [-0.2, 0) is 9.47 Å². The van der Waals surface area contributed by atoms with Crippen LogP contribution in [0.1, 0.15) is 26.7 Å². The molecular weight excluding hydrogens is 216 g/mol. The smallest absolute Gasteiger partial charge is 0.0700 e. The van der Waals surface area contributed by atoms with Crippen LogP contribution < -0.4 is 5.32 Å². The minimum atomic E-state index is 0.397. The molecule has 0 amide bonds. The summed E-state index contributed by atoms with van der Waals surface area (Å²) in [5.74, 6) is 0. The number of morpholine rings is 1. The molecule has 0 saturated carbocycles. The largest absolute Gasteiger partial charge is 0.383 e.